The van der Waals surface area contributed by atoms with E-state index in [0.717, 1.165) is 45.8 Å². The zero-order valence-corrected chi connectivity index (χ0v) is 21.1. The number of fused-ring (bicyclic) bond motifs is 5. The van der Waals surface area contributed by atoms with E-state index in [1.54, 1.807) is 10.9 Å². The molecule has 1 aliphatic rings. The molecule has 0 bridgehead atoms. The average molecular weight is 462 g/mol. The molecule has 4 aromatic rings. The van der Waals surface area contributed by atoms with Crippen LogP contribution in [0.15, 0.2) is 65.1 Å². The maximum absolute atomic E-state index is 12.1. The van der Waals surface area contributed by atoms with Crippen molar-refractivity contribution >= 4 is 17.3 Å². The predicted molar refractivity (Wildman–Crippen MR) is 140 cm³/mol. The molecule has 0 radical (unpaired) electrons. The number of aromatic nitrogens is 3. The summed E-state index contributed by atoms with van der Waals surface area (Å²) in [6, 6.07) is 9.52. The lowest BCUT2D eigenvalue weighted by molar-refractivity contribution is 0.112. The van der Waals surface area contributed by atoms with Crippen molar-refractivity contribution in [1.29, 1.82) is 0 Å². The summed E-state index contributed by atoms with van der Waals surface area (Å²) in [4.78, 5) is 23.1. The molecule has 0 saturated heterocycles. The first-order valence-corrected chi connectivity index (χ1v) is 11.6. The van der Waals surface area contributed by atoms with Gasteiger partial charge in [-0.1, -0.05) is 46.8 Å². The number of hydrogen-bond donors (Lipinski definition) is 0. The molecule has 0 fully saturated rings. The molecule has 180 valence electrons. The minimum absolute atomic E-state index is 0.172. The first kappa shape index (κ1) is 26.6. The van der Waals surface area contributed by atoms with E-state index in [1.165, 1.54) is 6.07 Å². The van der Waals surface area contributed by atoms with E-state index in [4.69, 9.17) is 4.42 Å². The third-order valence-electron chi connectivity index (χ3n) is 4.92. The Hall–Kier alpha value is -3.67. The zero-order valence-electron chi connectivity index (χ0n) is 21.1. The first-order valence-electron chi connectivity index (χ1n) is 11.6. The van der Waals surface area contributed by atoms with E-state index >= 15 is 0 Å². The molecule has 4 heterocycles. The Labute approximate surface area is 201 Å². The summed E-state index contributed by atoms with van der Waals surface area (Å²) in [5, 5.41) is 5.49. The zero-order chi connectivity index (χ0) is 25.4. The molecular weight excluding hydrogens is 426 g/mol. The Morgan fingerprint density at radius 3 is 2.38 bits per heavy atom. The second-order valence-corrected chi connectivity index (χ2v) is 8.27. The van der Waals surface area contributed by atoms with Crippen LogP contribution >= 0.6 is 0 Å². The molecule has 6 heteroatoms. The molecule has 0 amide bonds. The minimum Gasteiger partial charge on any atom is -0.454 e. The average Bonchev–Trinajstić information content (AvgIpc) is 3.44. The van der Waals surface area contributed by atoms with Gasteiger partial charge in [0.15, 0.2) is 17.5 Å². The molecule has 0 saturated carbocycles. The van der Waals surface area contributed by atoms with Gasteiger partial charge < -0.3 is 8.98 Å². The highest BCUT2D eigenvalue weighted by Gasteiger charge is 2.23. The monoisotopic (exact) mass is 461 g/mol. The standard InChI is InChI=1S/C20H15N3O3.C4H10.C2H6.C2H4/c1-22-6-5-16(21-22)12-2-3-14-15-4-7-23-10-13(11-24)18(25)9-17(23)20(15)26-19(14)8-12;1-4(2)3;2*1-2/h2-3,5-6,8-11H,4,7H2,1H3;4H,1-3H3;1-2H3;1-2H2. The number of hydrogen-bond acceptors (Lipinski definition) is 4. The fourth-order valence-corrected chi connectivity index (χ4v) is 3.63. The number of carbonyl (C=O) groups excluding carboxylic acids is 1. The molecule has 34 heavy (non-hydrogen) atoms. The number of carbonyl (C=O) groups is 1. The van der Waals surface area contributed by atoms with Crippen LogP contribution in [-0.4, -0.2) is 20.6 Å². The number of benzene rings is 1. The van der Waals surface area contributed by atoms with Crippen LogP contribution in [0.4, 0.5) is 0 Å². The van der Waals surface area contributed by atoms with Crippen molar-refractivity contribution in [2.75, 3.05) is 0 Å². The van der Waals surface area contributed by atoms with Crippen molar-refractivity contribution in [3.8, 4) is 22.7 Å². The third kappa shape index (κ3) is 5.63. The molecule has 0 unspecified atom stereocenters. The Kier molecular flexibility index (Phi) is 9.36. The molecule has 5 rings (SSSR count). The summed E-state index contributed by atoms with van der Waals surface area (Å²) in [5.41, 5.74) is 4.36. The molecule has 0 N–H and O–H groups in total. The quantitative estimate of drug-likeness (QED) is 0.252. The summed E-state index contributed by atoms with van der Waals surface area (Å²) in [5.74, 6) is 1.54. The van der Waals surface area contributed by atoms with Crippen LogP contribution in [-0.2, 0) is 20.0 Å². The van der Waals surface area contributed by atoms with Gasteiger partial charge in [-0.2, -0.15) is 5.10 Å². The number of aldehydes is 1. The van der Waals surface area contributed by atoms with Crippen LogP contribution in [0.25, 0.3) is 33.7 Å². The van der Waals surface area contributed by atoms with E-state index < -0.39 is 0 Å². The highest BCUT2D eigenvalue weighted by molar-refractivity contribution is 5.91. The highest BCUT2D eigenvalue weighted by atomic mass is 16.3. The number of pyridine rings is 1. The van der Waals surface area contributed by atoms with E-state index in [0.29, 0.717) is 18.6 Å². The maximum atomic E-state index is 12.1. The highest BCUT2D eigenvalue weighted by Crippen LogP contribution is 2.38. The Balaban J connectivity index is 0.000000456. The Bertz CT molecular complexity index is 1310. The second kappa shape index (κ2) is 12.0. The molecule has 0 spiro atoms. The molecule has 3 aromatic heterocycles. The maximum Gasteiger partial charge on any atom is 0.192 e. The second-order valence-electron chi connectivity index (χ2n) is 8.27. The van der Waals surface area contributed by atoms with Gasteiger partial charge in [0.2, 0.25) is 0 Å². The number of furan rings is 1. The normalized spacial score (nSPS) is 11.1. The van der Waals surface area contributed by atoms with Gasteiger partial charge >= 0.3 is 0 Å². The smallest absolute Gasteiger partial charge is 0.192 e. The molecule has 1 aromatic carbocycles. The van der Waals surface area contributed by atoms with Gasteiger partial charge in [0.05, 0.1) is 17.0 Å². The number of rotatable bonds is 2. The Morgan fingerprint density at radius 1 is 1.12 bits per heavy atom. The molecule has 1 aliphatic heterocycles. The fraction of sp³-hybridized carbons (Fsp3) is 0.321. The van der Waals surface area contributed by atoms with Gasteiger partial charge in [0.1, 0.15) is 5.58 Å². The predicted octanol–water partition coefficient (Wildman–Crippen LogP) is 6.52. The van der Waals surface area contributed by atoms with Crippen LogP contribution in [0.3, 0.4) is 0 Å². The van der Waals surface area contributed by atoms with Crippen LogP contribution in [0, 0.1) is 5.92 Å². The summed E-state index contributed by atoms with van der Waals surface area (Å²) < 4.78 is 9.81. The van der Waals surface area contributed by atoms with Crippen LogP contribution < -0.4 is 5.43 Å². The molecule has 0 aliphatic carbocycles. The van der Waals surface area contributed by atoms with Crippen LogP contribution in [0.1, 0.15) is 50.5 Å². The summed E-state index contributed by atoms with van der Waals surface area (Å²) >= 11 is 0. The number of nitrogens with zero attached hydrogens (tertiary/aromatic N) is 3. The van der Waals surface area contributed by atoms with Crippen LogP contribution in [0.5, 0.6) is 0 Å². The lowest BCUT2D eigenvalue weighted by Gasteiger charge is -2.18. The molecule has 0 atom stereocenters. The molecule has 6 nitrogen and oxygen atoms in total. The first-order chi connectivity index (χ1) is 16.4. The van der Waals surface area contributed by atoms with Crippen molar-refractivity contribution in [2.45, 2.75) is 47.6 Å². The fourth-order valence-electron chi connectivity index (χ4n) is 3.63. The lowest BCUT2D eigenvalue weighted by Crippen LogP contribution is -2.18. The van der Waals surface area contributed by atoms with E-state index in [2.05, 4.69) is 45.1 Å². The summed E-state index contributed by atoms with van der Waals surface area (Å²) in [6.45, 7) is 17.2. The third-order valence-corrected chi connectivity index (χ3v) is 4.92. The van der Waals surface area contributed by atoms with E-state index in [1.807, 2.05) is 49.9 Å². The van der Waals surface area contributed by atoms with Gasteiger partial charge in [-0.15, -0.1) is 13.2 Å². The van der Waals surface area contributed by atoms with E-state index in [-0.39, 0.29) is 11.0 Å². The number of aryl methyl sites for hydroxylation is 3. The van der Waals surface area contributed by atoms with Gasteiger partial charge in [-0.25, -0.2) is 0 Å². The minimum atomic E-state index is -0.284. The van der Waals surface area contributed by atoms with Crippen LogP contribution in [0.2, 0.25) is 0 Å². The van der Waals surface area contributed by atoms with Crippen molar-refractivity contribution in [3.05, 3.63) is 77.2 Å². The van der Waals surface area contributed by atoms with Gasteiger partial charge in [-0.05, 0) is 24.5 Å². The largest absolute Gasteiger partial charge is 0.454 e. The summed E-state index contributed by atoms with van der Waals surface area (Å²) in [6.07, 6.45) is 4.91. The van der Waals surface area contributed by atoms with Crippen molar-refractivity contribution in [2.24, 2.45) is 13.0 Å². The van der Waals surface area contributed by atoms with Gasteiger partial charge in [0, 0.05) is 48.6 Å². The van der Waals surface area contributed by atoms with Crippen molar-refractivity contribution in [1.82, 2.24) is 14.3 Å². The topological polar surface area (TPSA) is 70.0 Å². The molecular formula is C28H35N3O3. The Morgan fingerprint density at radius 2 is 1.79 bits per heavy atom. The van der Waals surface area contributed by atoms with Gasteiger partial charge in [0.25, 0.3) is 0 Å². The van der Waals surface area contributed by atoms with Crippen molar-refractivity contribution in [3.63, 3.8) is 0 Å². The summed E-state index contributed by atoms with van der Waals surface area (Å²) in [7, 11) is 1.88. The SMILES string of the molecule is C=C.CC.CC(C)C.Cn1ccc(-c2ccc3c4c(oc3c2)-c2cc(=O)c(C=O)cn2CC4)n1. The van der Waals surface area contributed by atoms with Gasteiger partial charge in [-0.3, -0.25) is 14.3 Å². The van der Waals surface area contributed by atoms with E-state index in [9.17, 15) is 9.59 Å². The van der Waals surface area contributed by atoms with Crippen molar-refractivity contribution < 1.29 is 9.21 Å². The lowest BCUT2D eigenvalue weighted by atomic mass is 10.0.